The highest BCUT2D eigenvalue weighted by atomic mass is 79.9. The van der Waals surface area contributed by atoms with Crippen LogP contribution in [-0.4, -0.2) is 53.5 Å². The number of carbonyl (C=O) groups is 2. The number of aliphatic hydroxyl groups excluding tert-OH is 1. The molecule has 4 rings (SSSR count). The molecule has 214 valence electrons. The Morgan fingerprint density at radius 2 is 1.88 bits per heavy atom. The summed E-state index contributed by atoms with van der Waals surface area (Å²) in [5.74, 6) is -3.85. The first-order chi connectivity index (χ1) is 18.9. The van der Waals surface area contributed by atoms with Crippen LogP contribution in [0.5, 0.6) is 5.75 Å². The van der Waals surface area contributed by atoms with E-state index < -0.39 is 59.3 Å². The van der Waals surface area contributed by atoms with Crippen LogP contribution in [0.15, 0.2) is 45.5 Å². The lowest BCUT2D eigenvalue weighted by molar-refractivity contribution is -0.137. The Bertz CT molecular complexity index is 1390. The van der Waals surface area contributed by atoms with E-state index in [-0.39, 0.29) is 26.8 Å². The van der Waals surface area contributed by atoms with Crippen molar-refractivity contribution < 1.29 is 41.4 Å². The predicted molar refractivity (Wildman–Crippen MR) is 139 cm³/mol. The molecular formula is C26H23BrClF4N3O5. The molecule has 3 aromatic rings. The van der Waals surface area contributed by atoms with Crippen molar-refractivity contribution in [2.75, 3.05) is 26.7 Å². The van der Waals surface area contributed by atoms with Gasteiger partial charge in [-0.05, 0) is 73.2 Å². The molecule has 40 heavy (non-hydrogen) atoms. The van der Waals surface area contributed by atoms with Crippen molar-refractivity contribution in [1.82, 2.24) is 15.2 Å². The van der Waals surface area contributed by atoms with Gasteiger partial charge in [-0.1, -0.05) is 23.7 Å². The van der Waals surface area contributed by atoms with Crippen LogP contribution in [-0.2, 0) is 11.0 Å². The number of ether oxygens (including phenoxy) is 1. The molecule has 0 bridgehead atoms. The first kappa shape index (κ1) is 30.0. The van der Waals surface area contributed by atoms with Gasteiger partial charge in [0, 0.05) is 11.5 Å². The molecular weight excluding hydrogens is 626 g/mol. The number of nitrogens with one attached hydrogen (secondary N) is 1. The van der Waals surface area contributed by atoms with Gasteiger partial charge in [-0.15, -0.1) is 0 Å². The monoisotopic (exact) mass is 647 g/mol. The van der Waals surface area contributed by atoms with Crippen LogP contribution in [0.25, 0.3) is 11.3 Å². The fourth-order valence-corrected chi connectivity index (χ4v) is 4.86. The van der Waals surface area contributed by atoms with Gasteiger partial charge in [0.1, 0.15) is 5.69 Å². The third kappa shape index (κ3) is 6.65. The van der Waals surface area contributed by atoms with E-state index in [9.17, 15) is 27.9 Å². The van der Waals surface area contributed by atoms with Crippen molar-refractivity contribution in [3.63, 3.8) is 0 Å². The lowest BCUT2D eigenvalue weighted by Gasteiger charge is -2.27. The van der Waals surface area contributed by atoms with Gasteiger partial charge < -0.3 is 19.2 Å². The fraction of sp³-hybridized carbons (Fsp3) is 0.346. The number of nitrogens with zero attached hydrogens (tertiary/aromatic N) is 2. The SMILES string of the molecule is CN1CCC(C(=O)NC(=O)c2c(Cl)ccc(OC(CO)c3nc(-c4ccc(C(F)(F)F)cc4)c(Br)o3)c2F)CC1. The molecule has 14 heteroatoms. The lowest BCUT2D eigenvalue weighted by atomic mass is 9.96. The molecule has 2 aromatic carbocycles. The number of oxazole rings is 1. The molecule has 1 aromatic heterocycles. The second-order valence-corrected chi connectivity index (χ2v) is 10.3. The van der Waals surface area contributed by atoms with Crippen LogP contribution in [0.3, 0.4) is 0 Å². The fourth-order valence-electron chi connectivity index (χ4n) is 4.15. The second-order valence-electron chi connectivity index (χ2n) is 9.17. The van der Waals surface area contributed by atoms with Crippen molar-refractivity contribution in [1.29, 1.82) is 0 Å². The predicted octanol–water partition coefficient (Wildman–Crippen LogP) is 5.63. The molecule has 1 unspecified atom stereocenters. The average molecular weight is 649 g/mol. The number of aromatic nitrogens is 1. The van der Waals surface area contributed by atoms with Crippen LogP contribution in [0.4, 0.5) is 17.6 Å². The summed E-state index contributed by atoms with van der Waals surface area (Å²) in [6.07, 6.45) is -4.79. The topological polar surface area (TPSA) is 105 Å². The van der Waals surface area contributed by atoms with Gasteiger partial charge >= 0.3 is 6.18 Å². The summed E-state index contributed by atoms with van der Waals surface area (Å²) in [6, 6.07) is 6.47. The highest BCUT2D eigenvalue weighted by Crippen LogP contribution is 2.36. The zero-order valence-corrected chi connectivity index (χ0v) is 23.2. The number of benzene rings is 2. The summed E-state index contributed by atoms with van der Waals surface area (Å²) in [7, 11) is 1.92. The number of rotatable bonds is 7. The number of piperidine rings is 1. The molecule has 2 heterocycles. The molecule has 0 aliphatic carbocycles. The number of amides is 2. The maximum Gasteiger partial charge on any atom is 0.416 e. The number of imide groups is 1. The van der Waals surface area contributed by atoms with Gasteiger partial charge in [-0.2, -0.15) is 13.2 Å². The first-order valence-electron chi connectivity index (χ1n) is 12.0. The Hall–Kier alpha value is -3.00. The summed E-state index contributed by atoms with van der Waals surface area (Å²) in [5.41, 5.74) is -1.07. The largest absolute Gasteiger partial charge is 0.475 e. The smallest absolute Gasteiger partial charge is 0.416 e. The van der Waals surface area contributed by atoms with Crippen LogP contribution in [0.2, 0.25) is 5.02 Å². The van der Waals surface area contributed by atoms with E-state index >= 15 is 4.39 Å². The quantitative estimate of drug-likeness (QED) is 0.253. The number of halogens is 6. The molecule has 0 saturated carbocycles. The third-order valence-corrected chi connectivity index (χ3v) is 7.26. The molecule has 1 atom stereocenters. The lowest BCUT2D eigenvalue weighted by Crippen LogP contribution is -2.41. The molecule has 1 aliphatic heterocycles. The Morgan fingerprint density at radius 3 is 2.48 bits per heavy atom. The van der Waals surface area contributed by atoms with E-state index in [1.807, 2.05) is 7.05 Å². The number of hydrogen-bond acceptors (Lipinski definition) is 7. The van der Waals surface area contributed by atoms with E-state index in [0.717, 1.165) is 18.2 Å². The minimum absolute atomic E-state index is 0.0355. The normalized spacial score (nSPS) is 15.6. The number of likely N-dealkylation sites (tertiary alicyclic amines) is 1. The van der Waals surface area contributed by atoms with E-state index in [2.05, 4.69) is 31.1 Å². The minimum Gasteiger partial charge on any atom is -0.475 e. The standard InChI is InChI=1S/C26H23BrClF4N3O5/c1-35-10-8-14(9-11-35)23(37)34-24(38)19-16(28)6-7-17(20(19)29)39-18(12-36)25-33-21(22(27)40-25)13-2-4-15(5-3-13)26(30,31)32/h2-7,14,18,36H,8-12H2,1H3,(H,34,37,38). The van der Waals surface area contributed by atoms with Crippen molar-refractivity contribution in [3.8, 4) is 17.0 Å². The van der Waals surface area contributed by atoms with Gasteiger partial charge in [0.25, 0.3) is 5.91 Å². The Kier molecular flexibility index (Phi) is 9.18. The maximum atomic E-state index is 15.4. The van der Waals surface area contributed by atoms with Gasteiger partial charge in [-0.3, -0.25) is 14.9 Å². The summed E-state index contributed by atoms with van der Waals surface area (Å²) in [6.45, 7) is 0.632. The summed E-state index contributed by atoms with van der Waals surface area (Å²) < 4.78 is 65.1. The zero-order valence-electron chi connectivity index (χ0n) is 20.9. The molecule has 1 saturated heterocycles. The summed E-state index contributed by atoms with van der Waals surface area (Å²) >= 11 is 9.21. The van der Waals surface area contributed by atoms with Gasteiger partial charge in [0.2, 0.25) is 11.8 Å². The highest BCUT2D eigenvalue weighted by molar-refractivity contribution is 9.10. The van der Waals surface area contributed by atoms with Crippen LogP contribution < -0.4 is 10.1 Å². The number of alkyl halides is 3. The second kappa shape index (κ2) is 12.2. The van der Waals surface area contributed by atoms with Crippen LogP contribution in [0, 0.1) is 11.7 Å². The van der Waals surface area contributed by atoms with Crippen molar-refractivity contribution in [3.05, 3.63) is 68.9 Å². The van der Waals surface area contributed by atoms with Crippen molar-refractivity contribution in [2.45, 2.75) is 25.1 Å². The molecule has 2 amide bonds. The van der Waals surface area contributed by atoms with E-state index in [1.54, 1.807) is 0 Å². The molecule has 1 fully saturated rings. The van der Waals surface area contributed by atoms with Gasteiger partial charge in [-0.25, -0.2) is 9.37 Å². The average Bonchev–Trinajstić information content (AvgIpc) is 3.29. The van der Waals surface area contributed by atoms with Gasteiger partial charge in [0.05, 0.1) is 22.8 Å². The molecule has 2 N–H and O–H groups in total. The van der Waals surface area contributed by atoms with E-state index in [4.69, 9.17) is 20.8 Å². The Morgan fingerprint density at radius 1 is 1.23 bits per heavy atom. The number of hydrogen-bond donors (Lipinski definition) is 2. The maximum absolute atomic E-state index is 15.4. The van der Waals surface area contributed by atoms with Crippen LogP contribution in [0.1, 0.15) is 40.8 Å². The van der Waals surface area contributed by atoms with Crippen molar-refractivity contribution >= 4 is 39.3 Å². The van der Waals surface area contributed by atoms with E-state index in [0.29, 0.717) is 25.9 Å². The van der Waals surface area contributed by atoms with Crippen molar-refractivity contribution in [2.24, 2.45) is 5.92 Å². The zero-order chi connectivity index (χ0) is 29.2. The van der Waals surface area contributed by atoms with Crippen LogP contribution >= 0.6 is 27.5 Å². The number of carbonyl (C=O) groups excluding carboxylic acids is 2. The van der Waals surface area contributed by atoms with Gasteiger partial charge in [0.15, 0.2) is 22.3 Å². The Balaban J connectivity index is 1.53. The molecule has 8 nitrogen and oxygen atoms in total. The minimum atomic E-state index is -4.51. The Labute approximate surface area is 239 Å². The third-order valence-electron chi connectivity index (χ3n) is 6.41. The highest BCUT2D eigenvalue weighted by Gasteiger charge is 2.31. The molecule has 0 radical (unpaired) electrons. The summed E-state index contributed by atoms with van der Waals surface area (Å²) in [4.78, 5) is 31.6. The number of aliphatic hydroxyl groups is 1. The molecule has 0 spiro atoms. The first-order valence-corrected chi connectivity index (χ1v) is 13.2. The van der Waals surface area contributed by atoms with E-state index in [1.165, 1.54) is 18.2 Å². The molecule has 1 aliphatic rings. The summed E-state index contributed by atoms with van der Waals surface area (Å²) in [5, 5.41) is 11.8.